The lowest BCUT2D eigenvalue weighted by atomic mass is 9.81. The van der Waals surface area contributed by atoms with Crippen molar-refractivity contribution in [2.24, 2.45) is 0 Å². The van der Waals surface area contributed by atoms with Gasteiger partial charge >= 0.3 is 0 Å². The Hall–Kier alpha value is -0.640. The van der Waals surface area contributed by atoms with Crippen LogP contribution in [0.25, 0.3) is 0 Å². The molecule has 3 saturated heterocycles. The van der Waals surface area contributed by atoms with E-state index in [9.17, 15) is 66.4 Å². The molecule has 0 aromatic rings. The van der Waals surface area contributed by atoms with Crippen LogP contribution in [0.2, 0.25) is 0 Å². The van der Waals surface area contributed by atoms with Crippen LogP contribution in [0.4, 0.5) is 0 Å². The van der Waals surface area contributed by atoms with Gasteiger partial charge in [0.1, 0.15) is 91.6 Å². The Labute approximate surface area is 192 Å². The molecular formula is C18H32O16. The molecule has 34 heavy (non-hydrogen) atoms. The van der Waals surface area contributed by atoms with Gasteiger partial charge in [0.2, 0.25) is 5.79 Å². The molecule has 0 aromatic heterocycles. The predicted octanol–water partition coefficient (Wildman–Crippen LogP) is -8.80. The van der Waals surface area contributed by atoms with Gasteiger partial charge in [-0.25, -0.2) is 0 Å². The number of hydrogen-bond acceptors (Lipinski definition) is 16. The zero-order valence-electron chi connectivity index (χ0n) is 17.6. The van der Waals surface area contributed by atoms with Crippen molar-refractivity contribution in [3.05, 3.63) is 0 Å². The number of aliphatic hydroxyl groups is 13. The largest absolute Gasteiger partial charge is 0.394 e. The minimum atomic E-state index is -3.17. The fourth-order valence-electron chi connectivity index (χ4n) is 4.53. The summed E-state index contributed by atoms with van der Waals surface area (Å²) in [6, 6.07) is 0. The van der Waals surface area contributed by atoms with E-state index in [-0.39, 0.29) is 0 Å². The van der Waals surface area contributed by atoms with E-state index in [4.69, 9.17) is 14.2 Å². The molecule has 3 aliphatic heterocycles. The van der Waals surface area contributed by atoms with Gasteiger partial charge in [0, 0.05) is 0 Å². The highest BCUT2D eigenvalue weighted by Gasteiger charge is 2.64. The molecule has 3 rings (SSSR count). The molecule has 0 amide bonds. The highest BCUT2D eigenvalue weighted by atomic mass is 16.7. The van der Waals surface area contributed by atoms with Crippen molar-refractivity contribution < 1.29 is 80.6 Å². The third kappa shape index (κ3) is 4.48. The number of aliphatic hydroxyl groups excluding tert-OH is 12. The van der Waals surface area contributed by atoms with Crippen molar-refractivity contribution in [2.45, 2.75) is 97.3 Å². The molecule has 0 aliphatic carbocycles. The van der Waals surface area contributed by atoms with Gasteiger partial charge in [0.25, 0.3) is 0 Å². The summed E-state index contributed by atoms with van der Waals surface area (Å²) in [5, 5.41) is 132. The van der Waals surface area contributed by atoms with E-state index in [1.807, 2.05) is 0 Å². The first kappa shape index (κ1) is 27.9. The lowest BCUT2D eigenvalue weighted by Crippen LogP contribution is -2.76. The SMILES string of the molecule is OC[C@H]1O[C@@H]([C@]2(O)O[C@H](C(O)[C@@H]3O[C@H](CO)[C@@H](O)[C@H](O)[C@@H]3O)[C@@H](O)[C@H](O)[C@@H]2O)[C@@H](O)[C@@H](O)[C@@H]1O. The molecule has 3 fully saturated rings. The van der Waals surface area contributed by atoms with Gasteiger partial charge in [-0.1, -0.05) is 0 Å². The summed E-state index contributed by atoms with van der Waals surface area (Å²) in [5.41, 5.74) is 0. The molecule has 13 N–H and O–H groups in total. The zero-order valence-corrected chi connectivity index (χ0v) is 17.6. The van der Waals surface area contributed by atoms with E-state index in [0.29, 0.717) is 0 Å². The Bertz CT molecular complexity index is 678. The maximum atomic E-state index is 11.1. The lowest BCUT2D eigenvalue weighted by Gasteiger charge is -2.54. The predicted molar refractivity (Wildman–Crippen MR) is 101 cm³/mol. The van der Waals surface area contributed by atoms with Crippen molar-refractivity contribution in [3.8, 4) is 0 Å². The molecular weight excluding hydrogens is 472 g/mol. The Kier molecular flexibility index (Phi) is 8.53. The molecule has 16 atom stereocenters. The molecule has 200 valence electrons. The second kappa shape index (κ2) is 10.4. The summed E-state index contributed by atoms with van der Waals surface area (Å²) in [7, 11) is 0. The topological polar surface area (TPSA) is 291 Å². The molecule has 0 spiro atoms. The minimum Gasteiger partial charge on any atom is -0.394 e. The number of hydrogen-bond donors (Lipinski definition) is 13. The van der Waals surface area contributed by atoms with Crippen molar-refractivity contribution in [1.29, 1.82) is 0 Å². The van der Waals surface area contributed by atoms with Crippen LogP contribution in [0.5, 0.6) is 0 Å². The molecule has 0 bridgehead atoms. The summed E-state index contributed by atoms with van der Waals surface area (Å²) in [4.78, 5) is 0. The summed E-state index contributed by atoms with van der Waals surface area (Å²) in [6.45, 7) is -1.76. The Morgan fingerprint density at radius 3 is 1.59 bits per heavy atom. The third-order valence-electron chi connectivity index (χ3n) is 6.66. The molecule has 0 saturated carbocycles. The first-order valence-corrected chi connectivity index (χ1v) is 10.5. The lowest BCUT2D eigenvalue weighted by molar-refractivity contribution is -0.415. The van der Waals surface area contributed by atoms with Crippen LogP contribution >= 0.6 is 0 Å². The van der Waals surface area contributed by atoms with Crippen LogP contribution in [0, 0.1) is 0 Å². The van der Waals surface area contributed by atoms with Crippen molar-refractivity contribution in [3.63, 3.8) is 0 Å². The molecule has 16 heteroatoms. The minimum absolute atomic E-state index is 0.849. The average Bonchev–Trinajstić information content (AvgIpc) is 2.82. The average molecular weight is 504 g/mol. The maximum absolute atomic E-state index is 11.1. The van der Waals surface area contributed by atoms with Crippen molar-refractivity contribution >= 4 is 0 Å². The van der Waals surface area contributed by atoms with Gasteiger partial charge < -0.3 is 80.6 Å². The van der Waals surface area contributed by atoms with Crippen LogP contribution in [0.15, 0.2) is 0 Å². The molecule has 16 nitrogen and oxygen atoms in total. The van der Waals surface area contributed by atoms with E-state index < -0.39 is 111 Å². The zero-order chi connectivity index (χ0) is 25.7. The standard InChI is InChI=1S/C18H32O16/c19-1-3-5(21)7(23)9(25)14(32-3)13(29)15-10(26)11(27)16(30)18(31,34-15)17-12(28)8(24)6(22)4(2-20)33-17/h3-17,19-31H,1-2H2/t3-,4-,5-,6-,7+,8+,9+,10+,11+,12+,13?,14-,15+,16+,17-,18-/m1/s1. The second-order valence-corrected chi connectivity index (χ2v) is 8.79. The van der Waals surface area contributed by atoms with E-state index in [0.717, 1.165) is 0 Å². The second-order valence-electron chi connectivity index (χ2n) is 8.79. The summed E-state index contributed by atoms with van der Waals surface area (Å²) in [6.07, 6.45) is -29.9. The van der Waals surface area contributed by atoms with Gasteiger partial charge in [0.05, 0.1) is 13.2 Å². The Balaban J connectivity index is 1.91. The Morgan fingerprint density at radius 1 is 0.588 bits per heavy atom. The summed E-state index contributed by atoms with van der Waals surface area (Å²) in [5.74, 6) is -3.17. The van der Waals surface area contributed by atoms with E-state index >= 15 is 0 Å². The van der Waals surface area contributed by atoms with Gasteiger partial charge in [-0.2, -0.15) is 0 Å². The highest BCUT2D eigenvalue weighted by Crippen LogP contribution is 2.39. The first-order valence-electron chi connectivity index (χ1n) is 10.5. The van der Waals surface area contributed by atoms with Gasteiger partial charge in [-0.15, -0.1) is 0 Å². The van der Waals surface area contributed by atoms with Crippen molar-refractivity contribution in [2.75, 3.05) is 13.2 Å². The monoisotopic (exact) mass is 504 g/mol. The number of ether oxygens (including phenoxy) is 3. The maximum Gasteiger partial charge on any atom is 0.225 e. The fourth-order valence-corrected chi connectivity index (χ4v) is 4.53. The summed E-state index contributed by atoms with van der Waals surface area (Å²) < 4.78 is 15.6. The molecule has 3 aliphatic rings. The summed E-state index contributed by atoms with van der Waals surface area (Å²) >= 11 is 0. The highest BCUT2D eigenvalue weighted by molar-refractivity contribution is 5.08. The quantitative estimate of drug-likeness (QED) is 0.165. The molecule has 3 heterocycles. The van der Waals surface area contributed by atoms with Crippen molar-refractivity contribution in [1.82, 2.24) is 0 Å². The van der Waals surface area contributed by atoms with Crippen LogP contribution < -0.4 is 0 Å². The van der Waals surface area contributed by atoms with Gasteiger partial charge in [-0.05, 0) is 0 Å². The molecule has 1 unspecified atom stereocenters. The van der Waals surface area contributed by atoms with Crippen LogP contribution in [0.3, 0.4) is 0 Å². The Morgan fingerprint density at radius 2 is 1.06 bits per heavy atom. The van der Waals surface area contributed by atoms with Gasteiger partial charge in [0.15, 0.2) is 0 Å². The van der Waals surface area contributed by atoms with E-state index in [2.05, 4.69) is 0 Å². The fraction of sp³-hybridized carbons (Fsp3) is 1.00. The van der Waals surface area contributed by atoms with E-state index in [1.165, 1.54) is 0 Å². The van der Waals surface area contributed by atoms with Crippen LogP contribution in [-0.4, -0.2) is 177 Å². The van der Waals surface area contributed by atoms with Crippen LogP contribution in [0.1, 0.15) is 0 Å². The third-order valence-corrected chi connectivity index (χ3v) is 6.66. The first-order chi connectivity index (χ1) is 15.8. The number of rotatable bonds is 5. The molecule has 0 aromatic carbocycles. The van der Waals surface area contributed by atoms with Gasteiger partial charge in [-0.3, -0.25) is 0 Å². The van der Waals surface area contributed by atoms with Crippen LogP contribution in [-0.2, 0) is 14.2 Å². The smallest absolute Gasteiger partial charge is 0.225 e. The normalized spacial score (nSPS) is 55.7. The van der Waals surface area contributed by atoms with E-state index in [1.54, 1.807) is 0 Å². The molecule has 0 radical (unpaired) electrons.